The predicted molar refractivity (Wildman–Crippen MR) is 107 cm³/mol. The largest absolute Gasteiger partial charge is 0.465 e. The number of nitrogen functional groups attached to an aromatic ring is 1. The van der Waals surface area contributed by atoms with Crippen molar-refractivity contribution in [3.8, 4) is 5.82 Å². The van der Waals surface area contributed by atoms with Crippen molar-refractivity contribution in [2.24, 2.45) is 0 Å². The molecular weight excluding hydrogens is 412 g/mol. The highest BCUT2D eigenvalue weighted by Crippen LogP contribution is 2.33. The van der Waals surface area contributed by atoms with Crippen molar-refractivity contribution in [2.75, 3.05) is 20.0 Å². The molecule has 3 aromatic heterocycles. The Balaban J connectivity index is 1.87. The van der Waals surface area contributed by atoms with E-state index in [2.05, 4.69) is 10.1 Å². The second-order valence-corrected chi connectivity index (χ2v) is 7.00. The molecule has 3 aromatic rings. The SMILES string of the molecule is COC(=O)c1sc(N)c(C(=O)OC)c1COC(=O)c1cnn(-c2ccccn2)c1C. The summed E-state index contributed by atoms with van der Waals surface area (Å²) < 4.78 is 16.3. The van der Waals surface area contributed by atoms with E-state index in [0.717, 1.165) is 11.3 Å². The van der Waals surface area contributed by atoms with Crippen LogP contribution in [0.2, 0.25) is 0 Å². The fourth-order valence-electron chi connectivity index (χ4n) is 2.74. The number of nitrogens with zero attached hydrogens (tertiary/aromatic N) is 3. The number of pyridine rings is 1. The summed E-state index contributed by atoms with van der Waals surface area (Å²) in [5.41, 5.74) is 6.69. The molecule has 0 atom stereocenters. The second-order valence-electron chi connectivity index (χ2n) is 5.95. The standard InChI is InChI=1S/C19H18N4O6S/c1-10-11(8-22-23(10)13-6-4-5-7-21-13)17(24)29-9-12-14(18(25)27-2)16(20)30-15(12)19(26)28-3/h4-8H,9,20H2,1-3H3. The maximum absolute atomic E-state index is 12.6. The Bertz CT molecular complexity index is 1110. The van der Waals surface area contributed by atoms with Crippen molar-refractivity contribution < 1.29 is 28.6 Å². The third-order valence-electron chi connectivity index (χ3n) is 4.24. The lowest BCUT2D eigenvalue weighted by molar-refractivity contribution is 0.0452. The highest BCUT2D eigenvalue weighted by atomic mass is 32.1. The van der Waals surface area contributed by atoms with Crippen molar-refractivity contribution in [3.63, 3.8) is 0 Å². The van der Waals surface area contributed by atoms with Crippen molar-refractivity contribution >= 4 is 34.2 Å². The van der Waals surface area contributed by atoms with E-state index in [1.807, 2.05) is 0 Å². The van der Waals surface area contributed by atoms with Gasteiger partial charge in [0, 0.05) is 11.8 Å². The van der Waals surface area contributed by atoms with E-state index >= 15 is 0 Å². The molecule has 0 radical (unpaired) electrons. The summed E-state index contributed by atoms with van der Waals surface area (Å²) >= 11 is 0.856. The fraction of sp³-hybridized carbons (Fsp3) is 0.211. The minimum Gasteiger partial charge on any atom is -0.465 e. The van der Waals surface area contributed by atoms with Crippen LogP contribution in [0.25, 0.3) is 5.82 Å². The second kappa shape index (κ2) is 8.74. The van der Waals surface area contributed by atoms with E-state index in [9.17, 15) is 14.4 Å². The Morgan fingerprint density at radius 2 is 1.87 bits per heavy atom. The van der Waals surface area contributed by atoms with E-state index in [0.29, 0.717) is 11.5 Å². The first-order valence-corrected chi connectivity index (χ1v) is 9.41. The lowest BCUT2D eigenvalue weighted by Crippen LogP contribution is -2.13. The van der Waals surface area contributed by atoms with Crippen LogP contribution >= 0.6 is 11.3 Å². The van der Waals surface area contributed by atoms with Gasteiger partial charge in [0.25, 0.3) is 0 Å². The number of esters is 3. The molecule has 2 N–H and O–H groups in total. The number of hydrogen-bond acceptors (Lipinski definition) is 10. The molecule has 0 aliphatic rings. The molecule has 10 nitrogen and oxygen atoms in total. The predicted octanol–water partition coefficient (Wildman–Crippen LogP) is 2.15. The Hall–Kier alpha value is -3.73. The minimum absolute atomic E-state index is 0.0309. The van der Waals surface area contributed by atoms with Gasteiger partial charge in [0.1, 0.15) is 27.6 Å². The van der Waals surface area contributed by atoms with Crippen LogP contribution in [-0.2, 0) is 20.8 Å². The molecule has 0 saturated carbocycles. The van der Waals surface area contributed by atoms with Gasteiger partial charge in [-0.1, -0.05) is 6.07 Å². The molecule has 156 valence electrons. The molecule has 0 spiro atoms. The van der Waals surface area contributed by atoms with E-state index in [1.165, 1.54) is 25.1 Å². The summed E-state index contributed by atoms with van der Waals surface area (Å²) in [6.45, 7) is 1.32. The van der Waals surface area contributed by atoms with Crippen LogP contribution in [0.3, 0.4) is 0 Å². The summed E-state index contributed by atoms with van der Waals surface area (Å²) in [6.07, 6.45) is 2.97. The maximum Gasteiger partial charge on any atom is 0.348 e. The topological polar surface area (TPSA) is 136 Å². The number of rotatable bonds is 6. The van der Waals surface area contributed by atoms with E-state index in [1.54, 1.807) is 31.3 Å². The summed E-state index contributed by atoms with van der Waals surface area (Å²) in [5, 5.41) is 4.23. The number of anilines is 1. The molecule has 0 amide bonds. The van der Waals surface area contributed by atoms with Gasteiger partial charge in [-0.25, -0.2) is 24.0 Å². The molecule has 30 heavy (non-hydrogen) atoms. The van der Waals surface area contributed by atoms with Crippen molar-refractivity contribution in [3.05, 3.63) is 57.9 Å². The zero-order chi connectivity index (χ0) is 21.8. The van der Waals surface area contributed by atoms with Gasteiger partial charge in [0.2, 0.25) is 0 Å². The number of thiophene rings is 1. The Morgan fingerprint density at radius 3 is 2.50 bits per heavy atom. The number of carbonyl (C=O) groups excluding carboxylic acids is 3. The van der Waals surface area contributed by atoms with E-state index in [-0.39, 0.29) is 33.2 Å². The molecule has 11 heteroatoms. The van der Waals surface area contributed by atoms with Crippen LogP contribution in [0, 0.1) is 6.92 Å². The molecule has 0 aliphatic carbocycles. The average Bonchev–Trinajstić information content (AvgIpc) is 3.31. The molecule has 0 unspecified atom stereocenters. The zero-order valence-corrected chi connectivity index (χ0v) is 17.2. The summed E-state index contributed by atoms with van der Waals surface area (Å²) in [4.78, 5) is 41.0. The first-order chi connectivity index (χ1) is 14.4. The Kier molecular flexibility index (Phi) is 6.11. The van der Waals surface area contributed by atoms with Crippen molar-refractivity contribution in [1.82, 2.24) is 14.8 Å². The third-order valence-corrected chi connectivity index (χ3v) is 5.28. The fourth-order valence-corrected chi connectivity index (χ4v) is 3.72. The van der Waals surface area contributed by atoms with Crippen LogP contribution in [0.4, 0.5) is 5.00 Å². The van der Waals surface area contributed by atoms with Crippen LogP contribution in [0.15, 0.2) is 30.6 Å². The molecular formula is C19H18N4O6S. The zero-order valence-electron chi connectivity index (χ0n) is 16.4. The average molecular weight is 430 g/mol. The number of hydrogen-bond donors (Lipinski definition) is 1. The highest BCUT2D eigenvalue weighted by molar-refractivity contribution is 7.18. The number of methoxy groups -OCH3 is 2. The lowest BCUT2D eigenvalue weighted by atomic mass is 10.1. The quantitative estimate of drug-likeness (QED) is 0.461. The molecule has 3 rings (SSSR count). The van der Waals surface area contributed by atoms with Gasteiger partial charge in [0.15, 0.2) is 5.82 Å². The normalized spacial score (nSPS) is 10.5. The minimum atomic E-state index is -0.746. The number of carbonyl (C=O) groups is 3. The molecule has 0 aromatic carbocycles. The van der Waals surface area contributed by atoms with E-state index < -0.39 is 17.9 Å². The highest BCUT2D eigenvalue weighted by Gasteiger charge is 2.28. The smallest absolute Gasteiger partial charge is 0.348 e. The van der Waals surface area contributed by atoms with Crippen LogP contribution in [0.1, 0.15) is 41.6 Å². The number of nitrogens with two attached hydrogens (primary N) is 1. The van der Waals surface area contributed by atoms with Gasteiger partial charge >= 0.3 is 17.9 Å². The Labute approximate surface area is 175 Å². The van der Waals surface area contributed by atoms with Gasteiger partial charge in [-0.2, -0.15) is 5.10 Å². The molecule has 0 aliphatic heterocycles. The van der Waals surface area contributed by atoms with Gasteiger partial charge in [0.05, 0.1) is 26.1 Å². The third kappa shape index (κ3) is 3.87. The van der Waals surface area contributed by atoms with Gasteiger partial charge in [-0.05, 0) is 19.1 Å². The first-order valence-electron chi connectivity index (χ1n) is 8.59. The number of aromatic nitrogens is 3. The van der Waals surface area contributed by atoms with E-state index in [4.69, 9.17) is 19.9 Å². The monoisotopic (exact) mass is 430 g/mol. The van der Waals surface area contributed by atoms with Gasteiger partial charge in [-0.15, -0.1) is 11.3 Å². The summed E-state index contributed by atoms with van der Waals surface area (Å²) in [6, 6.07) is 5.31. The Morgan fingerprint density at radius 1 is 1.13 bits per heavy atom. The van der Waals surface area contributed by atoms with Gasteiger partial charge in [-0.3, -0.25) is 0 Å². The summed E-state index contributed by atoms with van der Waals surface area (Å²) in [7, 11) is 2.38. The number of ether oxygens (including phenoxy) is 3. The van der Waals surface area contributed by atoms with Crippen molar-refractivity contribution in [2.45, 2.75) is 13.5 Å². The first kappa shape index (κ1) is 21.0. The molecule has 0 fully saturated rings. The summed E-state index contributed by atoms with van der Waals surface area (Å²) in [5.74, 6) is -1.59. The van der Waals surface area contributed by atoms with Crippen LogP contribution in [0.5, 0.6) is 0 Å². The maximum atomic E-state index is 12.6. The molecule has 0 saturated heterocycles. The molecule has 0 bridgehead atoms. The van der Waals surface area contributed by atoms with Gasteiger partial charge < -0.3 is 19.9 Å². The van der Waals surface area contributed by atoms with Crippen LogP contribution < -0.4 is 5.73 Å². The lowest BCUT2D eigenvalue weighted by Gasteiger charge is -2.08. The van der Waals surface area contributed by atoms with Crippen molar-refractivity contribution in [1.29, 1.82) is 0 Å². The molecule has 3 heterocycles. The van der Waals surface area contributed by atoms with Crippen LogP contribution in [-0.4, -0.2) is 46.9 Å².